The second-order valence-electron chi connectivity index (χ2n) is 9.16. The van der Waals surface area contributed by atoms with Crippen LogP contribution in [0.15, 0.2) is 36.4 Å². The van der Waals surface area contributed by atoms with E-state index in [0.717, 1.165) is 18.7 Å². The molecule has 2 aromatic rings. The number of carbonyl (C=O) groups is 2. The minimum atomic E-state index is -0.579. The molecule has 2 amide bonds. The lowest BCUT2D eigenvalue weighted by Crippen LogP contribution is -2.52. The maximum absolute atomic E-state index is 13.3. The van der Waals surface area contributed by atoms with Gasteiger partial charge in [0.1, 0.15) is 0 Å². The van der Waals surface area contributed by atoms with Crippen LogP contribution in [-0.4, -0.2) is 48.7 Å². The number of hydrogen-bond acceptors (Lipinski definition) is 6. The lowest BCUT2D eigenvalue weighted by Gasteiger charge is -2.40. The van der Waals surface area contributed by atoms with Gasteiger partial charge in [-0.05, 0) is 55.7 Å². The predicted octanol–water partition coefficient (Wildman–Crippen LogP) is 4.04. The van der Waals surface area contributed by atoms with Gasteiger partial charge in [0.15, 0.2) is 5.75 Å². The maximum Gasteiger partial charge on any atom is 0.419 e. The third-order valence-electron chi connectivity index (χ3n) is 6.67. The predicted molar refractivity (Wildman–Crippen MR) is 129 cm³/mol. The third kappa shape index (κ3) is 4.23. The first kappa shape index (κ1) is 22.7. The summed E-state index contributed by atoms with van der Waals surface area (Å²) in [5, 5.41) is 11.5. The number of nitrogens with one attached hydrogen (secondary N) is 1. The van der Waals surface area contributed by atoms with E-state index in [1.165, 1.54) is 31.9 Å². The molecular weight excluding hydrogens is 454 g/mol. The molecule has 0 spiro atoms. The lowest BCUT2D eigenvalue weighted by molar-refractivity contribution is -0.117. The van der Waals surface area contributed by atoms with E-state index in [0.29, 0.717) is 35.4 Å². The third-order valence-corrected chi connectivity index (χ3v) is 6.97. The molecule has 0 aromatic heterocycles. The first-order valence-electron chi connectivity index (χ1n) is 11.5. The fourth-order valence-corrected chi connectivity index (χ4v) is 5.05. The van der Waals surface area contributed by atoms with Crippen molar-refractivity contribution < 1.29 is 14.3 Å². The van der Waals surface area contributed by atoms with Crippen LogP contribution >= 0.6 is 11.6 Å². The molecular formula is C25H26ClN5O3. The summed E-state index contributed by atoms with van der Waals surface area (Å²) >= 11 is 6.23. The summed E-state index contributed by atoms with van der Waals surface area (Å²) in [4.78, 5) is 29.0. The molecule has 1 N–H and O–H groups in total. The average Bonchev–Trinajstić information content (AvgIpc) is 3.55. The number of nitrogens with zero attached hydrogens (tertiary/aromatic N) is 4. The summed E-state index contributed by atoms with van der Waals surface area (Å²) in [5.41, 5.74) is 6.31. The molecule has 34 heavy (non-hydrogen) atoms. The fourth-order valence-electron chi connectivity index (χ4n) is 4.83. The van der Waals surface area contributed by atoms with Gasteiger partial charge in [0, 0.05) is 38.5 Å². The SMILES string of the molecule is CC(=O)N1c2ccc(C3CNN(C4CC4)C3)cc2N(C(=O)Oc2ccc(C#N)cc2Cl)C[C@@H]1C. The summed E-state index contributed by atoms with van der Waals surface area (Å²) in [6.45, 7) is 5.49. The molecule has 2 aliphatic heterocycles. The van der Waals surface area contributed by atoms with E-state index in [1.807, 2.05) is 25.1 Å². The van der Waals surface area contributed by atoms with Gasteiger partial charge >= 0.3 is 6.09 Å². The Morgan fingerprint density at radius 1 is 1.15 bits per heavy atom. The first-order valence-corrected chi connectivity index (χ1v) is 11.9. The van der Waals surface area contributed by atoms with Crippen LogP contribution in [-0.2, 0) is 4.79 Å². The summed E-state index contributed by atoms with van der Waals surface area (Å²) in [6, 6.07) is 12.9. The molecule has 9 heteroatoms. The minimum absolute atomic E-state index is 0.0768. The highest BCUT2D eigenvalue weighted by Crippen LogP contribution is 2.40. The van der Waals surface area contributed by atoms with E-state index in [2.05, 4.69) is 16.5 Å². The van der Waals surface area contributed by atoms with Gasteiger partial charge in [-0.15, -0.1) is 0 Å². The van der Waals surface area contributed by atoms with Crippen molar-refractivity contribution in [3.05, 3.63) is 52.5 Å². The number of fused-ring (bicyclic) bond motifs is 1. The standard InChI is InChI=1S/C25H26ClN5O3/c1-15-13-29(25(33)34-24-8-3-17(11-27)9-21(24)26)23-10-18(4-7-22(23)31(15)16(2)32)19-12-28-30(14-19)20-5-6-20/h3-4,7-10,15,19-20,28H,5-6,12-14H2,1-2H3/t15-,19?/m0/s1. The molecule has 176 valence electrons. The maximum atomic E-state index is 13.3. The molecule has 1 unspecified atom stereocenters. The molecule has 0 bridgehead atoms. The lowest BCUT2D eigenvalue weighted by atomic mass is 9.97. The van der Waals surface area contributed by atoms with E-state index >= 15 is 0 Å². The van der Waals surface area contributed by atoms with Crippen molar-refractivity contribution in [2.45, 2.75) is 44.7 Å². The molecule has 3 aliphatic rings. The topological polar surface area (TPSA) is 88.9 Å². The van der Waals surface area contributed by atoms with Crippen molar-refractivity contribution in [2.75, 3.05) is 29.4 Å². The highest BCUT2D eigenvalue weighted by molar-refractivity contribution is 6.32. The van der Waals surface area contributed by atoms with Gasteiger partial charge in [0.25, 0.3) is 0 Å². The van der Waals surface area contributed by atoms with Gasteiger partial charge in [0.05, 0.1) is 34.1 Å². The number of hydrogen-bond donors (Lipinski definition) is 1. The van der Waals surface area contributed by atoms with Gasteiger partial charge in [-0.3, -0.25) is 15.1 Å². The molecule has 2 heterocycles. The largest absolute Gasteiger partial charge is 0.419 e. The Morgan fingerprint density at radius 3 is 2.62 bits per heavy atom. The zero-order valence-corrected chi connectivity index (χ0v) is 19.9. The van der Waals surface area contributed by atoms with E-state index in [4.69, 9.17) is 21.6 Å². The van der Waals surface area contributed by atoms with Crippen molar-refractivity contribution in [1.82, 2.24) is 10.4 Å². The van der Waals surface area contributed by atoms with E-state index in [1.54, 1.807) is 15.9 Å². The highest BCUT2D eigenvalue weighted by atomic mass is 35.5. The second-order valence-corrected chi connectivity index (χ2v) is 9.57. The molecule has 5 rings (SSSR count). The molecule has 2 aromatic carbocycles. The summed E-state index contributed by atoms with van der Waals surface area (Å²) in [6.07, 6.45) is 1.88. The van der Waals surface area contributed by atoms with Gasteiger partial charge in [0.2, 0.25) is 5.91 Å². The van der Waals surface area contributed by atoms with Crippen LogP contribution in [0.1, 0.15) is 43.7 Å². The van der Waals surface area contributed by atoms with Crippen LogP contribution in [0.25, 0.3) is 0 Å². The molecule has 2 fully saturated rings. The summed E-state index contributed by atoms with van der Waals surface area (Å²) < 4.78 is 5.63. The molecule has 1 saturated carbocycles. The number of carbonyl (C=O) groups excluding carboxylic acids is 2. The monoisotopic (exact) mass is 479 g/mol. The van der Waals surface area contributed by atoms with Crippen LogP contribution in [0.2, 0.25) is 5.02 Å². The van der Waals surface area contributed by atoms with Crippen LogP contribution in [0.4, 0.5) is 16.2 Å². The first-order chi connectivity index (χ1) is 16.4. The summed E-state index contributed by atoms with van der Waals surface area (Å²) in [7, 11) is 0. The number of amides is 2. The quantitative estimate of drug-likeness (QED) is 0.714. The van der Waals surface area contributed by atoms with Gasteiger partial charge in [-0.2, -0.15) is 5.26 Å². The van der Waals surface area contributed by atoms with Crippen molar-refractivity contribution in [3.8, 4) is 11.8 Å². The number of anilines is 2. The fraction of sp³-hybridized carbons (Fsp3) is 0.400. The Balaban J connectivity index is 1.46. The normalized spacial score (nSPS) is 22.3. The zero-order valence-electron chi connectivity index (χ0n) is 19.1. The Bertz CT molecular complexity index is 1190. The number of ether oxygens (including phenoxy) is 1. The molecule has 1 aliphatic carbocycles. The zero-order chi connectivity index (χ0) is 24.0. The molecule has 2 atom stereocenters. The van der Waals surface area contributed by atoms with E-state index in [-0.39, 0.29) is 22.7 Å². The average molecular weight is 480 g/mol. The van der Waals surface area contributed by atoms with Gasteiger partial charge in [-0.25, -0.2) is 9.80 Å². The Kier molecular flexibility index (Phi) is 5.94. The number of benzene rings is 2. The summed E-state index contributed by atoms with van der Waals surface area (Å²) in [5.74, 6) is 0.402. The molecule has 1 saturated heterocycles. The highest BCUT2D eigenvalue weighted by Gasteiger charge is 2.38. The Morgan fingerprint density at radius 2 is 1.94 bits per heavy atom. The minimum Gasteiger partial charge on any atom is -0.408 e. The van der Waals surface area contributed by atoms with Crippen LogP contribution in [0.5, 0.6) is 5.75 Å². The molecule has 8 nitrogen and oxygen atoms in total. The Hall–Kier alpha value is -3.12. The van der Waals surface area contributed by atoms with Crippen LogP contribution in [0.3, 0.4) is 0 Å². The van der Waals surface area contributed by atoms with Gasteiger partial charge < -0.3 is 9.64 Å². The number of hydrazine groups is 1. The Labute approximate surface area is 203 Å². The molecule has 0 radical (unpaired) electrons. The number of rotatable bonds is 3. The van der Waals surface area contributed by atoms with Crippen molar-refractivity contribution in [3.63, 3.8) is 0 Å². The second kappa shape index (κ2) is 8.91. The van der Waals surface area contributed by atoms with Crippen LogP contribution in [0, 0.1) is 11.3 Å². The number of nitriles is 1. The van der Waals surface area contributed by atoms with Crippen molar-refractivity contribution in [2.24, 2.45) is 0 Å². The smallest absolute Gasteiger partial charge is 0.408 e. The van der Waals surface area contributed by atoms with E-state index < -0.39 is 6.09 Å². The number of halogens is 1. The van der Waals surface area contributed by atoms with Gasteiger partial charge in [-0.1, -0.05) is 17.7 Å². The van der Waals surface area contributed by atoms with Crippen molar-refractivity contribution >= 4 is 35.0 Å². The van der Waals surface area contributed by atoms with E-state index in [9.17, 15) is 9.59 Å². The van der Waals surface area contributed by atoms with Crippen molar-refractivity contribution in [1.29, 1.82) is 5.26 Å². The van der Waals surface area contributed by atoms with Crippen LogP contribution < -0.4 is 20.0 Å².